The average molecular weight is 288 g/mol. The van der Waals surface area contributed by atoms with Gasteiger partial charge in [-0.2, -0.15) is 0 Å². The molecule has 2 aromatic carbocycles. The Labute approximate surface area is 124 Å². The summed E-state index contributed by atoms with van der Waals surface area (Å²) < 4.78 is 5.99. The Morgan fingerprint density at radius 3 is 2.55 bits per heavy atom. The summed E-state index contributed by atoms with van der Waals surface area (Å²) in [5.41, 5.74) is 3.41. The largest absolute Gasteiger partial charge is 0.372 e. The van der Waals surface area contributed by atoms with Crippen LogP contribution in [0.1, 0.15) is 12.0 Å². The number of nitrogens with one attached hydrogen (secondary N) is 1. The highest BCUT2D eigenvalue weighted by Gasteiger charge is 2.15. The van der Waals surface area contributed by atoms with E-state index in [2.05, 4.69) is 23.5 Å². The molecule has 104 valence electrons. The number of benzene rings is 2. The summed E-state index contributed by atoms with van der Waals surface area (Å²) in [5.74, 6) is 0. The third-order valence-electron chi connectivity index (χ3n) is 3.67. The molecule has 1 N–H and O–H groups in total. The summed E-state index contributed by atoms with van der Waals surface area (Å²) in [6, 6.07) is 16.3. The first-order valence-electron chi connectivity index (χ1n) is 7.00. The Hall–Kier alpha value is -1.35. The Morgan fingerprint density at radius 2 is 1.80 bits per heavy atom. The summed E-state index contributed by atoms with van der Waals surface area (Å²) in [6.07, 6.45) is 1.42. The van der Waals surface area contributed by atoms with Crippen molar-refractivity contribution in [2.75, 3.05) is 13.1 Å². The van der Waals surface area contributed by atoms with E-state index in [0.29, 0.717) is 12.7 Å². The van der Waals surface area contributed by atoms with Crippen molar-refractivity contribution in [3.8, 4) is 11.1 Å². The van der Waals surface area contributed by atoms with Crippen LogP contribution in [0.2, 0.25) is 5.02 Å². The van der Waals surface area contributed by atoms with Gasteiger partial charge in [-0.1, -0.05) is 54.1 Å². The number of rotatable bonds is 4. The van der Waals surface area contributed by atoms with Crippen LogP contribution in [-0.2, 0) is 11.3 Å². The van der Waals surface area contributed by atoms with Gasteiger partial charge in [-0.15, -0.1) is 0 Å². The van der Waals surface area contributed by atoms with Crippen LogP contribution in [0.4, 0.5) is 0 Å². The van der Waals surface area contributed by atoms with Crippen molar-refractivity contribution >= 4 is 11.6 Å². The third kappa shape index (κ3) is 3.04. The molecule has 1 saturated heterocycles. The van der Waals surface area contributed by atoms with Crippen molar-refractivity contribution < 1.29 is 4.74 Å². The van der Waals surface area contributed by atoms with Crippen LogP contribution < -0.4 is 5.32 Å². The molecule has 0 unspecified atom stereocenters. The van der Waals surface area contributed by atoms with Crippen LogP contribution >= 0.6 is 11.6 Å². The molecule has 0 radical (unpaired) electrons. The first kappa shape index (κ1) is 13.6. The molecule has 3 rings (SSSR count). The number of halogens is 1. The Kier molecular flexibility index (Phi) is 4.36. The second-order valence-electron chi connectivity index (χ2n) is 5.06. The van der Waals surface area contributed by atoms with Gasteiger partial charge in [0.25, 0.3) is 0 Å². The van der Waals surface area contributed by atoms with Gasteiger partial charge < -0.3 is 10.1 Å². The number of hydrogen-bond acceptors (Lipinski definition) is 2. The minimum Gasteiger partial charge on any atom is -0.372 e. The van der Waals surface area contributed by atoms with Crippen molar-refractivity contribution in [3.63, 3.8) is 0 Å². The van der Waals surface area contributed by atoms with E-state index in [9.17, 15) is 0 Å². The van der Waals surface area contributed by atoms with E-state index in [1.54, 1.807) is 0 Å². The van der Waals surface area contributed by atoms with Crippen LogP contribution in [0.25, 0.3) is 11.1 Å². The first-order chi connectivity index (χ1) is 9.84. The standard InChI is InChI=1S/C17H18ClNO/c18-17-8-4-3-7-16(17)15-6-2-1-5-13(15)12-20-14-9-10-19-11-14/h1-8,14,19H,9-12H2/t14-/m0/s1. The SMILES string of the molecule is Clc1ccccc1-c1ccccc1CO[C@H]1CCNC1. The zero-order chi connectivity index (χ0) is 13.8. The van der Waals surface area contributed by atoms with Gasteiger partial charge in [0.15, 0.2) is 0 Å². The number of hydrogen-bond donors (Lipinski definition) is 1. The molecule has 3 heteroatoms. The predicted molar refractivity (Wildman–Crippen MR) is 83.0 cm³/mol. The molecular weight excluding hydrogens is 270 g/mol. The summed E-state index contributed by atoms with van der Waals surface area (Å²) in [4.78, 5) is 0. The van der Waals surface area contributed by atoms with Gasteiger partial charge in [0.05, 0.1) is 12.7 Å². The van der Waals surface area contributed by atoms with E-state index < -0.39 is 0 Å². The van der Waals surface area contributed by atoms with E-state index in [1.807, 2.05) is 30.3 Å². The molecule has 0 bridgehead atoms. The van der Waals surface area contributed by atoms with Crippen molar-refractivity contribution in [3.05, 3.63) is 59.1 Å². The van der Waals surface area contributed by atoms with Gasteiger partial charge >= 0.3 is 0 Å². The van der Waals surface area contributed by atoms with Gasteiger partial charge in [0, 0.05) is 17.1 Å². The molecule has 0 amide bonds. The molecule has 1 aliphatic rings. The van der Waals surface area contributed by atoms with Gasteiger partial charge in [0.1, 0.15) is 0 Å². The lowest BCUT2D eigenvalue weighted by Crippen LogP contribution is -2.16. The van der Waals surface area contributed by atoms with E-state index >= 15 is 0 Å². The van der Waals surface area contributed by atoms with Crippen LogP contribution in [0, 0.1) is 0 Å². The van der Waals surface area contributed by atoms with Crippen LogP contribution in [-0.4, -0.2) is 19.2 Å². The molecule has 20 heavy (non-hydrogen) atoms. The van der Waals surface area contributed by atoms with Crippen molar-refractivity contribution in [1.29, 1.82) is 0 Å². The minimum atomic E-state index is 0.328. The van der Waals surface area contributed by atoms with Crippen LogP contribution in [0.5, 0.6) is 0 Å². The average Bonchev–Trinajstić information content (AvgIpc) is 2.99. The second kappa shape index (κ2) is 6.40. The maximum Gasteiger partial charge on any atom is 0.0727 e. The Balaban J connectivity index is 1.82. The molecule has 2 nitrogen and oxygen atoms in total. The fourth-order valence-corrected chi connectivity index (χ4v) is 2.80. The fraction of sp³-hybridized carbons (Fsp3) is 0.294. The molecule has 0 saturated carbocycles. The summed E-state index contributed by atoms with van der Waals surface area (Å²) in [5, 5.41) is 4.10. The molecule has 1 atom stereocenters. The normalized spacial score (nSPS) is 18.4. The molecule has 0 aromatic heterocycles. The summed E-state index contributed by atoms with van der Waals surface area (Å²) in [7, 11) is 0. The quantitative estimate of drug-likeness (QED) is 0.921. The molecule has 0 spiro atoms. The lowest BCUT2D eigenvalue weighted by Gasteiger charge is -2.14. The highest BCUT2D eigenvalue weighted by atomic mass is 35.5. The van der Waals surface area contributed by atoms with Gasteiger partial charge in [0.2, 0.25) is 0 Å². The first-order valence-corrected chi connectivity index (χ1v) is 7.37. The van der Waals surface area contributed by atoms with E-state index in [0.717, 1.165) is 35.7 Å². The van der Waals surface area contributed by atoms with Crippen molar-refractivity contribution in [1.82, 2.24) is 5.32 Å². The minimum absolute atomic E-state index is 0.328. The van der Waals surface area contributed by atoms with Crippen molar-refractivity contribution in [2.24, 2.45) is 0 Å². The third-order valence-corrected chi connectivity index (χ3v) is 4.00. The van der Waals surface area contributed by atoms with Crippen molar-refractivity contribution in [2.45, 2.75) is 19.1 Å². The predicted octanol–water partition coefficient (Wildman–Crippen LogP) is 3.89. The van der Waals surface area contributed by atoms with Gasteiger partial charge in [-0.25, -0.2) is 0 Å². The smallest absolute Gasteiger partial charge is 0.0727 e. The lowest BCUT2D eigenvalue weighted by molar-refractivity contribution is 0.0545. The molecular formula is C17H18ClNO. The molecule has 1 aliphatic heterocycles. The Bertz CT molecular complexity index is 579. The maximum atomic E-state index is 6.31. The maximum absolute atomic E-state index is 6.31. The highest BCUT2D eigenvalue weighted by molar-refractivity contribution is 6.33. The number of ether oxygens (including phenoxy) is 1. The second-order valence-corrected chi connectivity index (χ2v) is 5.47. The zero-order valence-corrected chi connectivity index (χ0v) is 12.1. The molecule has 2 aromatic rings. The summed E-state index contributed by atoms with van der Waals surface area (Å²) >= 11 is 6.31. The van der Waals surface area contributed by atoms with Gasteiger partial charge in [-0.05, 0) is 30.2 Å². The van der Waals surface area contributed by atoms with E-state index in [4.69, 9.17) is 16.3 Å². The van der Waals surface area contributed by atoms with Crippen LogP contribution in [0.15, 0.2) is 48.5 Å². The fourth-order valence-electron chi connectivity index (χ4n) is 2.57. The molecule has 1 heterocycles. The molecule has 1 fully saturated rings. The highest BCUT2D eigenvalue weighted by Crippen LogP contribution is 2.30. The van der Waals surface area contributed by atoms with Gasteiger partial charge in [-0.3, -0.25) is 0 Å². The zero-order valence-electron chi connectivity index (χ0n) is 11.3. The van der Waals surface area contributed by atoms with Crippen LogP contribution in [0.3, 0.4) is 0 Å². The lowest BCUT2D eigenvalue weighted by atomic mass is 10.00. The monoisotopic (exact) mass is 287 g/mol. The summed E-state index contributed by atoms with van der Waals surface area (Å²) in [6.45, 7) is 2.64. The molecule has 0 aliphatic carbocycles. The van der Waals surface area contributed by atoms with E-state index in [1.165, 1.54) is 5.56 Å². The topological polar surface area (TPSA) is 21.3 Å². The van der Waals surface area contributed by atoms with E-state index in [-0.39, 0.29) is 0 Å². The Morgan fingerprint density at radius 1 is 1.05 bits per heavy atom.